The van der Waals surface area contributed by atoms with Crippen molar-refractivity contribution in [2.24, 2.45) is 0 Å². The van der Waals surface area contributed by atoms with Crippen molar-refractivity contribution >= 4 is 38.6 Å². The van der Waals surface area contributed by atoms with E-state index < -0.39 is 10.0 Å². The number of piperazine rings is 1. The quantitative estimate of drug-likeness (QED) is 0.612. The van der Waals surface area contributed by atoms with Crippen molar-refractivity contribution in [3.63, 3.8) is 0 Å². The maximum absolute atomic E-state index is 12.9. The molecule has 0 radical (unpaired) electrons. The summed E-state index contributed by atoms with van der Waals surface area (Å²) in [5.74, 6) is -0.0893. The van der Waals surface area contributed by atoms with E-state index >= 15 is 0 Å². The summed E-state index contributed by atoms with van der Waals surface area (Å²) in [4.78, 5) is 20.8. The third kappa shape index (κ3) is 4.00. The largest absolute Gasteiger partial charge is 0.335 e. The number of aryl methyl sites for hydroxylation is 2. The van der Waals surface area contributed by atoms with Crippen LogP contribution in [0.25, 0.3) is 9.88 Å². The number of thiazole rings is 1. The van der Waals surface area contributed by atoms with E-state index in [1.165, 1.54) is 15.6 Å². The molecule has 0 bridgehead atoms. The van der Waals surface area contributed by atoms with Crippen molar-refractivity contribution in [2.45, 2.75) is 18.7 Å². The van der Waals surface area contributed by atoms with Gasteiger partial charge >= 0.3 is 0 Å². The summed E-state index contributed by atoms with van der Waals surface area (Å²) in [5.41, 5.74) is 2.01. The maximum atomic E-state index is 12.9. The van der Waals surface area contributed by atoms with Gasteiger partial charge in [0.05, 0.1) is 16.0 Å². The average molecular weight is 448 g/mol. The third-order valence-corrected chi connectivity index (χ3v) is 9.01. The standard InChI is InChI=1S/C20H21N3O3S3/c1-14-5-6-16(12-15(14)2)29(25,26)23-9-7-22(8-10-23)20(24)18-13-21-19(28-18)17-4-3-11-27-17/h3-6,11-13H,7-10H2,1-2H3. The second kappa shape index (κ2) is 7.98. The molecule has 1 aliphatic rings. The zero-order valence-corrected chi connectivity index (χ0v) is 18.6. The highest BCUT2D eigenvalue weighted by molar-refractivity contribution is 7.89. The molecule has 1 amide bonds. The summed E-state index contributed by atoms with van der Waals surface area (Å²) in [5, 5.41) is 2.81. The lowest BCUT2D eigenvalue weighted by molar-refractivity contribution is 0.0702. The molecule has 29 heavy (non-hydrogen) atoms. The highest BCUT2D eigenvalue weighted by Crippen LogP contribution is 2.30. The lowest BCUT2D eigenvalue weighted by atomic mass is 10.1. The second-order valence-electron chi connectivity index (χ2n) is 6.95. The zero-order chi connectivity index (χ0) is 20.6. The molecule has 9 heteroatoms. The van der Waals surface area contributed by atoms with Crippen LogP contribution in [0.5, 0.6) is 0 Å². The molecule has 4 rings (SSSR count). The van der Waals surface area contributed by atoms with Crippen LogP contribution in [-0.2, 0) is 10.0 Å². The monoisotopic (exact) mass is 447 g/mol. The molecule has 1 fully saturated rings. The number of carbonyl (C=O) groups is 1. The summed E-state index contributed by atoms with van der Waals surface area (Å²) in [6.45, 7) is 5.18. The molecule has 6 nitrogen and oxygen atoms in total. The van der Waals surface area contributed by atoms with Crippen molar-refractivity contribution in [1.29, 1.82) is 0 Å². The van der Waals surface area contributed by atoms with Crippen LogP contribution in [-0.4, -0.2) is 54.7 Å². The fraction of sp³-hybridized carbons (Fsp3) is 0.300. The highest BCUT2D eigenvalue weighted by Gasteiger charge is 2.31. The molecule has 0 unspecified atom stereocenters. The fourth-order valence-corrected chi connectivity index (χ4v) is 6.39. The van der Waals surface area contributed by atoms with Gasteiger partial charge < -0.3 is 4.90 Å². The Kier molecular flexibility index (Phi) is 5.56. The molecule has 1 aliphatic heterocycles. The predicted molar refractivity (Wildman–Crippen MR) is 116 cm³/mol. The number of sulfonamides is 1. The Bertz CT molecular complexity index is 1130. The molecule has 0 N–H and O–H groups in total. The first-order chi connectivity index (χ1) is 13.9. The van der Waals surface area contributed by atoms with Crippen LogP contribution in [0, 0.1) is 13.8 Å². The van der Waals surface area contributed by atoms with E-state index in [-0.39, 0.29) is 19.0 Å². The number of nitrogens with zero attached hydrogens (tertiary/aromatic N) is 3. The minimum Gasteiger partial charge on any atom is -0.335 e. The van der Waals surface area contributed by atoms with Gasteiger partial charge in [-0.05, 0) is 48.6 Å². The summed E-state index contributed by atoms with van der Waals surface area (Å²) < 4.78 is 27.4. The zero-order valence-electron chi connectivity index (χ0n) is 16.2. The molecule has 2 aromatic heterocycles. The van der Waals surface area contributed by atoms with Gasteiger partial charge in [0.1, 0.15) is 9.88 Å². The minimum absolute atomic E-state index is 0.0893. The molecule has 0 spiro atoms. The Balaban J connectivity index is 1.43. The van der Waals surface area contributed by atoms with Crippen molar-refractivity contribution in [1.82, 2.24) is 14.2 Å². The SMILES string of the molecule is Cc1ccc(S(=O)(=O)N2CCN(C(=O)c3cnc(-c4cccs4)s3)CC2)cc1C. The lowest BCUT2D eigenvalue weighted by Crippen LogP contribution is -2.50. The molecule has 3 heterocycles. The molecular weight excluding hydrogens is 426 g/mol. The van der Waals surface area contributed by atoms with Gasteiger partial charge in [-0.25, -0.2) is 13.4 Å². The van der Waals surface area contributed by atoms with E-state index in [0.29, 0.717) is 22.9 Å². The number of hydrogen-bond donors (Lipinski definition) is 0. The number of rotatable bonds is 4. The first-order valence-electron chi connectivity index (χ1n) is 9.22. The van der Waals surface area contributed by atoms with Crippen LogP contribution in [0.3, 0.4) is 0 Å². The highest BCUT2D eigenvalue weighted by atomic mass is 32.2. The Morgan fingerprint density at radius 3 is 2.48 bits per heavy atom. The molecule has 1 saturated heterocycles. The topological polar surface area (TPSA) is 70.6 Å². The van der Waals surface area contributed by atoms with Crippen molar-refractivity contribution in [3.05, 3.63) is 57.9 Å². The number of thiophene rings is 1. The minimum atomic E-state index is -3.55. The number of benzene rings is 1. The second-order valence-corrected chi connectivity index (χ2v) is 10.9. The molecule has 0 aliphatic carbocycles. The summed E-state index contributed by atoms with van der Waals surface area (Å²) in [6, 6.07) is 9.13. The number of hydrogen-bond acceptors (Lipinski definition) is 6. The van der Waals surface area contributed by atoms with Crippen LogP contribution < -0.4 is 0 Å². The van der Waals surface area contributed by atoms with Crippen molar-refractivity contribution in [2.75, 3.05) is 26.2 Å². The van der Waals surface area contributed by atoms with E-state index in [1.807, 2.05) is 37.4 Å². The van der Waals surface area contributed by atoms with Crippen molar-refractivity contribution in [3.8, 4) is 9.88 Å². The van der Waals surface area contributed by atoms with Gasteiger partial charge in [0, 0.05) is 26.2 Å². The maximum Gasteiger partial charge on any atom is 0.265 e. The van der Waals surface area contributed by atoms with E-state index in [0.717, 1.165) is 21.0 Å². The van der Waals surface area contributed by atoms with Crippen LogP contribution in [0.15, 0.2) is 46.8 Å². The van der Waals surface area contributed by atoms with Crippen LogP contribution in [0.4, 0.5) is 0 Å². The molecule has 3 aromatic rings. The van der Waals surface area contributed by atoms with E-state index in [2.05, 4.69) is 4.98 Å². The third-order valence-electron chi connectivity index (χ3n) is 5.09. The molecule has 152 valence electrons. The van der Waals surface area contributed by atoms with Gasteiger partial charge in [0.15, 0.2) is 0 Å². The molecule has 0 atom stereocenters. The summed E-state index contributed by atoms with van der Waals surface area (Å²) >= 11 is 2.96. The fourth-order valence-electron chi connectivity index (χ4n) is 3.20. The molecule has 0 saturated carbocycles. The van der Waals surface area contributed by atoms with Crippen molar-refractivity contribution < 1.29 is 13.2 Å². The van der Waals surface area contributed by atoms with E-state index in [4.69, 9.17) is 0 Å². The Labute approximate surface area is 178 Å². The van der Waals surface area contributed by atoms with E-state index in [9.17, 15) is 13.2 Å². The number of amides is 1. The van der Waals surface area contributed by atoms with Crippen LogP contribution in [0.2, 0.25) is 0 Å². The smallest absolute Gasteiger partial charge is 0.265 e. The Hall–Kier alpha value is -2.07. The number of aromatic nitrogens is 1. The normalized spacial score (nSPS) is 15.6. The van der Waals surface area contributed by atoms with Gasteiger partial charge in [0.2, 0.25) is 10.0 Å². The molecule has 1 aromatic carbocycles. The average Bonchev–Trinajstić information content (AvgIpc) is 3.41. The predicted octanol–water partition coefficient (Wildman–Crippen LogP) is 3.64. The number of carbonyl (C=O) groups excluding carboxylic acids is 1. The molecular formula is C20H21N3O3S3. The summed E-state index contributed by atoms with van der Waals surface area (Å²) in [6.07, 6.45) is 1.61. The Morgan fingerprint density at radius 2 is 1.83 bits per heavy atom. The van der Waals surface area contributed by atoms with Gasteiger partial charge in [-0.15, -0.1) is 22.7 Å². The van der Waals surface area contributed by atoms with Gasteiger partial charge in [-0.1, -0.05) is 12.1 Å². The van der Waals surface area contributed by atoms with Crippen LogP contribution in [0.1, 0.15) is 20.8 Å². The van der Waals surface area contributed by atoms with Crippen LogP contribution >= 0.6 is 22.7 Å². The van der Waals surface area contributed by atoms with E-state index in [1.54, 1.807) is 34.6 Å². The first kappa shape index (κ1) is 20.2. The summed E-state index contributed by atoms with van der Waals surface area (Å²) in [7, 11) is -3.55. The van der Waals surface area contributed by atoms with Gasteiger partial charge in [0.25, 0.3) is 5.91 Å². The first-order valence-corrected chi connectivity index (χ1v) is 12.4. The lowest BCUT2D eigenvalue weighted by Gasteiger charge is -2.33. The van der Waals surface area contributed by atoms with Gasteiger partial charge in [-0.2, -0.15) is 4.31 Å². The van der Waals surface area contributed by atoms with Gasteiger partial charge in [-0.3, -0.25) is 4.79 Å². The Morgan fingerprint density at radius 1 is 1.07 bits per heavy atom.